The molecular weight excluding hydrogens is 392 g/mol. The minimum absolute atomic E-state index is 0.0622. The molecular formula is C20H28N4O4S. The quantitative estimate of drug-likeness (QED) is 0.747. The van der Waals surface area contributed by atoms with E-state index in [1.54, 1.807) is 18.3 Å². The Balaban J connectivity index is 1.31. The van der Waals surface area contributed by atoms with Crippen molar-refractivity contribution in [3.63, 3.8) is 0 Å². The van der Waals surface area contributed by atoms with Gasteiger partial charge in [-0.05, 0) is 49.8 Å². The molecule has 0 bridgehead atoms. The highest BCUT2D eigenvalue weighted by Gasteiger charge is 2.34. The number of aromatic nitrogens is 2. The molecule has 2 aliphatic rings. The van der Waals surface area contributed by atoms with Gasteiger partial charge in [0.15, 0.2) is 5.76 Å². The third-order valence-corrected chi connectivity index (χ3v) is 7.83. The van der Waals surface area contributed by atoms with E-state index in [0.29, 0.717) is 43.3 Å². The van der Waals surface area contributed by atoms with Crippen LogP contribution in [-0.4, -0.2) is 48.5 Å². The topological polar surface area (TPSA) is 108 Å². The Hall–Kier alpha value is -2.13. The molecule has 1 aliphatic carbocycles. The Labute approximate surface area is 171 Å². The summed E-state index contributed by atoms with van der Waals surface area (Å²) >= 11 is 0. The zero-order valence-corrected chi connectivity index (χ0v) is 17.3. The maximum atomic E-state index is 12.9. The summed E-state index contributed by atoms with van der Waals surface area (Å²) in [5.41, 5.74) is 0.625. The molecule has 1 amide bonds. The number of furan rings is 1. The standard InChI is InChI=1S/C20H28N4O4S/c25-20(21-14-15-4-2-1-3-5-15)16-9-12-24(13-10-16)29(26,27)19-7-6-18(28-19)17-8-11-22-23-17/h6-8,11,15-16H,1-5,9-10,12-14H2,(H,21,25)(H,22,23). The Kier molecular flexibility index (Phi) is 6.05. The number of piperidine rings is 1. The van der Waals surface area contributed by atoms with Crippen molar-refractivity contribution in [3.8, 4) is 11.5 Å². The number of carbonyl (C=O) groups excluding carboxylic acids is 1. The third-order valence-electron chi connectivity index (χ3n) is 6.06. The molecule has 1 saturated carbocycles. The van der Waals surface area contributed by atoms with Crippen LogP contribution in [0.1, 0.15) is 44.9 Å². The molecule has 2 aromatic rings. The van der Waals surface area contributed by atoms with Crippen LogP contribution in [0.4, 0.5) is 0 Å². The number of hydrogen-bond donors (Lipinski definition) is 2. The fourth-order valence-corrected chi connectivity index (χ4v) is 5.64. The maximum absolute atomic E-state index is 12.9. The van der Waals surface area contributed by atoms with Gasteiger partial charge >= 0.3 is 0 Å². The van der Waals surface area contributed by atoms with Crippen LogP contribution in [0.15, 0.2) is 33.9 Å². The van der Waals surface area contributed by atoms with E-state index in [9.17, 15) is 13.2 Å². The van der Waals surface area contributed by atoms with Crippen LogP contribution in [0, 0.1) is 11.8 Å². The number of H-pyrrole nitrogens is 1. The molecule has 29 heavy (non-hydrogen) atoms. The van der Waals surface area contributed by atoms with Crippen LogP contribution >= 0.6 is 0 Å². The number of amides is 1. The van der Waals surface area contributed by atoms with Crippen molar-refractivity contribution in [2.75, 3.05) is 19.6 Å². The summed E-state index contributed by atoms with van der Waals surface area (Å²) in [6.45, 7) is 1.40. The average Bonchev–Trinajstić information content (AvgIpc) is 3.45. The molecule has 8 nitrogen and oxygen atoms in total. The number of sulfonamides is 1. The first-order chi connectivity index (χ1) is 14.0. The van der Waals surface area contributed by atoms with Crippen LogP contribution in [0.2, 0.25) is 0 Å². The molecule has 0 spiro atoms. The first-order valence-electron chi connectivity index (χ1n) is 10.4. The molecule has 0 atom stereocenters. The van der Waals surface area contributed by atoms with Gasteiger partial charge in [-0.15, -0.1) is 0 Å². The summed E-state index contributed by atoms with van der Waals surface area (Å²) in [5, 5.41) is 9.61. The predicted molar refractivity (Wildman–Crippen MR) is 107 cm³/mol. The first-order valence-corrected chi connectivity index (χ1v) is 11.9. The van der Waals surface area contributed by atoms with Crippen LogP contribution in [0.3, 0.4) is 0 Å². The Morgan fingerprint density at radius 3 is 2.59 bits per heavy atom. The SMILES string of the molecule is O=C(NCC1CCCCC1)C1CCN(S(=O)(=O)c2ccc(-c3ccn[nH]3)o2)CC1. The summed E-state index contributed by atoms with van der Waals surface area (Å²) < 4.78 is 32.7. The van der Waals surface area contributed by atoms with Gasteiger partial charge in [-0.25, -0.2) is 8.42 Å². The molecule has 0 unspecified atom stereocenters. The first kappa shape index (κ1) is 20.2. The highest BCUT2D eigenvalue weighted by Crippen LogP contribution is 2.28. The Morgan fingerprint density at radius 2 is 1.90 bits per heavy atom. The van der Waals surface area contributed by atoms with Gasteiger partial charge in [0.05, 0.1) is 0 Å². The van der Waals surface area contributed by atoms with Crippen molar-refractivity contribution in [2.45, 2.75) is 50.0 Å². The maximum Gasteiger partial charge on any atom is 0.276 e. The smallest absolute Gasteiger partial charge is 0.276 e. The predicted octanol–water partition coefficient (Wildman–Crippen LogP) is 2.77. The molecule has 4 rings (SSSR count). The molecule has 0 aromatic carbocycles. The van der Waals surface area contributed by atoms with Crippen LogP contribution in [0.25, 0.3) is 11.5 Å². The Bertz CT molecular complexity index is 908. The second-order valence-electron chi connectivity index (χ2n) is 8.02. The van der Waals surface area contributed by atoms with Gasteiger partial charge in [-0.1, -0.05) is 19.3 Å². The normalized spacial score (nSPS) is 20.0. The van der Waals surface area contributed by atoms with Crippen molar-refractivity contribution >= 4 is 15.9 Å². The van der Waals surface area contributed by atoms with E-state index in [0.717, 1.165) is 6.54 Å². The molecule has 0 radical (unpaired) electrons. The van der Waals surface area contributed by atoms with E-state index in [-0.39, 0.29) is 16.9 Å². The fourth-order valence-electron chi connectivity index (χ4n) is 4.26. The van der Waals surface area contributed by atoms with Crippen LogP contribution in [0.5, 0.6) is 0 Å². The number of nitrogens with one attached hydrogen (secondary N) is 2. The lowest BCUT2D eigenvalue weighted by molar-refractivity contribution is -0.126. The number of hydrogen-bond acceptors (Lipinski definition) is 5. The third kappa shape index (κ3) is 4.56. The molecule has 158 valence electrons. The van der Waals surface area contributed by atoms with Gasteiger partial charge in [0.2, 0.25) is 11.0 Å². The molecule has 3 heterocycles. The second kappa shape index (κ2) is 8.71. The zero-order valence-electron chi connectivity index (χ0n) is 16.5. The minimum atomic E-state index is -3.71. The minimum Gasteiger partial charge on any atom is -0.442 e. The number of aromatic amines is 1. The van der Waals surface area contributed by atoms with E-state index in [4.69, 9.17) is 4.42 Å². The summed E-state index contributed by atoms with van der Waals surface area (Å²) in [6.07, 6.45) is 8.85. The van der Waals surface area contributed by atoms with Gasteiger partial charge in [-0.2, -0.15) is 9.40 Å². The van der Waals surface area contributed by atoms with E-state index < -0.39 is 10.0 Å². The van der Waals surface area contributed by atoms with E-state index in [1.165, 1.54) is 42.5 Å². The van der Waals surface area contributed by atoms with Crippen molar-refractivity contribution in [3.05, 3.63) is 24.4 Å². The number of carbonyl (C=O) groups is 1. The van der Waals surface area contributed by atoms with E-state index in [1.807, 2.05) is 0 Å². The molecule has 9 heteroatoms. The number of rotatable bonds is 6. The number of nitrogens with zero attached hydrogens (tertiary/aromatic N) is 2. The lowest BCUT2D eigenvalue weighted by Crippen LogP contribution is -2.43. The molecule has 2 fully saturated rings. The Morgan fingerprint density at radius 1 is 1.14 bits per heavy atom. The highest BCUT2D eigenvalue weighted by molar-refractivity contribution is 7.89. The lowest BCUT2D eigenvalue weighted by Gasteiger charge is -2.30. The van der Waals surface area contributed by atoms with Crippen molar-refractivity contribution in [1.29, 1.82) is 0 Å². The van der Waals surface area contributed by atoms with Crippen LogP contribution in [-0.2, 0) is 14.8 Å². The lowest BCUT2D eigenvalue weighted by atomic mass is 9.89. The largest absolute Gasteiger partial charge is 0.442 e. The van der Waals surface area contributed by atoms with Gasteiger partial charge in [0.25, 0.3) is 10.0 Å². The van der Waals surface area contributed by atoms with E-state index in [2.05, 4.69) is 15.5 Å². The van der Waals surface area contributed by atoms with Crippen molar-refractivity contribution < 1.29 is 17.6 Å². The monoisotopic (exact) mass is 420 g/mol. The summed E-state index contributed by atoms with van der Waals surface area (Å²) in [4.78, 5) is 12.5. The summed E-state index contributed by atoms with van der Waals surface area (Å²) in [5.74, 6) is 0.962. The van der Waals surface area contributed by atoms with Gasteiger partial charge < -0.3 is 9.73 Å². The fraction of sp³-hybridized carbons (Fsp3) is 0.600. The molecule has 1 aliphatic heterocycles. The average molecular weight is 421 g/mol. The van der Waals surface area contributed by atoms with Crippen molar-refractivity contribution in [2.24, 2.45) is 11.8 Å². The van der Waals surface area contributed by atoms with Gasteiger partial charge in [0.1, 0.15) is 5.69 Å². The van der Waals surface area contributed by atoms with Gasteiger partial charge in [0, 0.05) is 31.7 Å². The molecule has 2 N–H and O–H groups in total. The van der Waals surface area contributed by atoms with Crippen LogP contribution < -0.4 is 5.32 Å². The van der Waals surface area contributed by atoms with Gasteiger partial charge in [-0.3, -0.25) is 9.89 Å². The highest BCUT2D eigenvalue weighted by atomic mass is 32.2. The summed E-state index contributed by atoms with van der Waals surface area (Å²) in [6, 6.07) is 4.80. The summed E-state index contributed by atoms with van der Waals surface area (Å²) in [7, 11) is -3.71. The second-order valence-corrected chi connectivity index (χ2v) is 9.89. The van der Waals surface area contributed by atoms with E-state index >= 15 is 0 Å². The molecule has 2 aromatic heterocycles. The zero-order chi connectivity index (χ0) is 20.3. The molecule has 1 saturated heterocycles. The van der Waals surface area contributed by atoms with Crippen molar-refractivity contribution in [1.82, 2.24) is 19.8 Å².